The largest absolute Gasteiger partial charge is 0.508 e. The summed E-state index contributed by atoms with van der Waals surface area (Å²) in [5, 5.41) is 14.3. The molecule has 1 aliphatic rings. The summed E-state index contributed by atoms with van der Waals surface area (Å²) >= 11 is 0. The first-order valence-corrected chi connectivity index (χ1v) is 12.9. The minimum absolute atomic E-state index is 0.261. The highest BCUT2D eigenvalue weighted by Crippen LogP contribution is 2.33. The van der Waals surface area contributed by atoms with Crippen LogP contribution in [0.4, 0.5) is 0 Å². The Bertz CT molecular complexity index is 686. The summed E-state index contributed by atoms with van der Waals surface area (Å²) in [4.78, 5) is 4.82. The first-order valence-electron chi connectivity index (χ1n) is 9.24. The topological polar surface area (TPSA) is 60.2 Å². The summed E-state index contributed by atoms with van der Waals surface area (Å²) in [7, 11) is -1.09. The van der Waals surface area contributed by atoms with E-state index in [-0.39, 0.29) is 5.75 Å². The van der Waals surface area contributed by atoms with Gasteiger partial charge in [-0.05, 0) is 43.2 Å². The van der Waals surface area contributed by atoms with Gasteiger partial charge in [-0.25, -0.2) is 9.67 Å². The first-order chi connectivity index (χ1) is 11.9. The van der Waals surface area contributed by atoms with Crippen LogP contribution < -0.4 is 0 Å². The van der Waals surface area contributed by atoms with Crippen LogP contribution in [0.15, 0.2) is 24.3 Å². The Kier molecular flexibility index (Phi) is 5.59. The van der Waals surface area contributed by atoms with Crippen LogP contribution in [-0.4, -0.2) is 34.6 Å². The molecule has 2 aromatic rings. The van der Waals surface area contributed by atoms with E-state index < -0.39 is 8.07 Å². The Morgan fingerprint density at radius 3 is 2.48 bits per heavy atom. The number of hydrogen-bond acceptors (Lipinski definition) is 4. The van der Waals surface area contributed by atoms with E-state index >= 15 is 0 Å². The summed E-state index contributed by atoms with van der Waals surface area (Å²) in [6.45, 7) is 8.26. The molecule has 3 rings (SSSR count). The summed E-state index contributed by atoms with van der Waals surface area (Å²) < 4.78 is 7.78. The number of phenols is 1. The fourth-order valence-electron chi connectivity index (χ4n) is 3.16. The molecule has 1 aromatic heterocycles. The maximum atomic E-state index is 9.54. The highest BCUT2D eigenvalue weighted by atomic mass is 28.3. The van der Waals surface area contributed by atoms with E-state index in [0.717, 1.165) is 29.9 Å². The molecule has 0 spiro atoms. The average molecular weight is 360 g/mol. The molecule has 0 aliphatic heterocycles. The maximum absolute atomic E-state index is 9.54. The smallest absolute Gasteiger partial charge is 0.160 e. The van der Waals surface area contributed by atoms with Crippen LogP contribution in [-0.2, 0) is 11.5 Å². The molecule has 1 aliphatic carbocycles. The molecule has 0 amide bonds. The molecule has 0 atom stereocenters. The quantitative estimate of drug-likeness (QED) is 0.579. The van der Waals surface area contributed by atoms with Crippen LogP contribution >= 0.6 is 0 Å². The second-order valence-corrected chi connectivity index (χ2v) is 13.8. The number of aromatic hydroxyl groups is 1. The van der Waals surface area contributed by atoms with E-state index in [0.29, 0.717) is 12.6 Å². The molecule has 25 heavy (non-hydrogen) atoms. The SMILES string of the molecule is C[Si](C)(C)CCOCn1nc(C2CCCC2)nc1-c1ccc(O)cc1. The van der Waals surface area contributed by atoms with Crippen molar-refractivity contribution >= 4 is 8.07 Å². The van der Waals surface area contributed by atoms with Crippen LogP contribution in [0.5, 0.6) is 5.75 Å². The molecule has 0 radical (unpaired) electrons. The lowest BCUT2D eigenvalue weighted by atomic mass is 10.1. The molecule has 1 fully saturated rings. The number of ether oxygens (including phenoxy) is 1. The second-order valence-electron chi connectivity index (χ2n) is 8.17. The standard InChI is InChI=1S/C19H29N3O2Si/c1-25(2,3)13-12-24-14-22-19(16-8-10-17(23)11-9-16)20-18(21-22)15-6-4-5-7-15/h8-11,15,23H,4-7,12-14H2,1-3H3. The van der Waals surface area contributed by atoms with Crippen molar-refractivity contribution in [3.63, 3.8) is 0 Å². The predicted molar refractivity (Wildman–Crippen MR) is 102 cm³/mol. The van der Waals surface area contributed by atoms with Gasteiger partial charge in [0.05, 0.1) is 0 Å². The van der Waals surface area contributed by atoms with Crippen molar-refractivity contribution in [2.24, 2.45) is 0 Å². The van der Waals surface area contributed by atoms with Gasteiger partial charge in [0, 0.05) is 26.2 Å². The maximum Gasteiger partial charge on any atom is 0.160 e. The molecular weight excluding hydrogens is 330 g/mol. The molecule has 136 valence electrons. The van der Waals surface area contributed by atoms with E-state index in [1.54, 1.807) is 12.1 Å². The van der Waals surface area contributed by atoms with Gasteiger partial charge in [-0.2, -0.15) is 5.10 Å². The number of aromatic nitrogens is 3. The van der Waals surface area contributed by atoms with Gasteiger partial charge in [-0.15, -0.1) is 0 Å². The zero-order valence-electron chi connectivity index (χ0n) is 15.5. The third-order valence-electron chi connectivity index (χ3n) is 4.74. The third-order valence-corrected chi connectivity index (χ3v) is 6.45. The van der Waals surface area contributed by atoms with Gasteiger partial charge in [-0.3, -0.25) is 0 Å². The Morgan fingerprint density at radius 1 is 1.16 bits per heavy atom. The molecule has 1 N–H and O–H groups in total. The summed E-state index contributed by atoms with van der Waals surface area (Å²) in [5.74, 6) is 2.50. The zero-order chi connectivity index (χ0) is 17.9. The number of hydrogen-bond donors (Lipinski definition) is 1. The van der Waals surface area contributed by atoms with Crippen molar-refractivity contribution in [2.45, 2.75) is 64.0 Å². The molecule has 0 unspecified atom stereocenters. The minimum Gasteiger partial charge on any atom is -0.508 e. The van der Waals surface area contributed by atoms with Gasteiger partial charge < -0.3 is 9.84 Å². The normalized spacial score (nSPS) is 15.8. The van der Waals surface area contributed by atoms with Crippen LogP contribution in [0.3, 0.4) is 0 Å². The number of benzene rings is 1. The fraction of sp³-hybridized carbons (Fsp3) is 0.579. The number of nitrogens with zero attached hydrogens (tertiary/aromatic N) is 3. The first kappa shape index (κ1) is 18.1. The van der Waals surface area contributed by atoms with Gasteiger partial charge in [0.25, 0.3) is 0 Å². The predicted octanol–water partition coefficient (Wildman–Crippen LogP) is 4.62. The van der Waals surface area contributed by atoms with Crippen LogP contribution in [0, 0.1) is 0 Å². The van der Waals surface area contributed by atoms with Crippen molar-refractivity contribution in [3.05, 3.63) is 30.1 Å². The lowest BCUT2D eigenvalue weighted by molar-refractivity contribution is 0.0792. The van der Waals surface area contributed by atoms with E-state index in [2.05, 4.69) is 19.6 Å². The van der Waals surface area contributed by atoms with Gasteiger partial charge in [0.1, 0.15) is 12.5 Å². The van der Waals surface area contributed by atoms with Crippen molar-refractivity contribution in [1.29, 1.82) is 0 Å². The molecule has 0 bridgehead atoms. The summed E-state index contributed by atoms with van der Waals surface area (Å²) in [5.41, 5.74) is 0.961. The average Bonchev–Trinajstić information content (AvgIpc) is 3.21. The molecule has 0 saturated heterocycles. The van der Waals surface area contributed by atoms with Crippen molar-refractivity contribution < 1.29 is 9.84 Å². The lowest BCUT2D eigenvalue weighted by Gasteiger charge is -2.15. The lowest BCUT2D eigenvalue weighted by Crippen LogP contribution is -2.22. The summed E-state index contributed by atoms with van der Waals surface area (Å²) in [6, 6.07) is 8.30. The third kappa shape index (κ3) is 4.92. The van der Waals surface area contributed by atoms with E-state index in [1.165, 1.54) is 25.7 Å². The summed E-state index contributed by atoms with van der Waals surface area (Å²) in [6.07, 6.45) is 4.88. The van der Waals surface area contributed by atoms with E-state index in [9.17, 15) is 5.11 Å². The highest BCUT2D eigenvalue weighted by Gasteiger charge is 2.23. The number of phenolic OH excluding ortho intramolecular Hbond substituents is 1. The monoisotopic (exact) mass is 359 g/mol. The molecule has 1 saturated carbocycles. The van der Waals surface area contributed by atoms with E-state index in [4.69, 9.17) is 14.8 Å². The fourth-order valence-corrected chi connectivity index (χ4v) is 3.92. The second kappa shape index (κ2) is 7.70. The highest BCUT2D eigenvalue weighted by molar-refractivity contribution is 6.76. The molecule has 5 nitrogen and oxygen atoms in total. The Labute approximate surface area is 151 Å². The van der Waals surface area contributed by atoms with Gasteiger partial charge >= 0.3 is 0 Å². The Hall–Kier alpha value is -1.66. The minimum atomic E-state index is -1.09. The van der Waals surface area contributed by atoms with Crippen LogP contribution in [0.1, 0.15) is 37.4 Å². The van der Waals surface area contributed by atoms with Gasteiger partial charge in [0.15, 0.2) is 11.6 Å². The molecular formula is C19H29N3O2Si. The zero-order valence-corrected chi connectivity index (χ0v) is 16.5. The van der Waals surface area contributed by atoms with Crippen LogP contribution in [0.25, 0.3) is 11.4 Å². The number of rotatable bonds is 7. The molecule has 6 heteroatoms. The van der Waals surface area contributed by atoms with Crippen molar-refractivity contribution in [2.75, 3.05) is 6.61 Å². The Balaban J connectivity index is 1.77. The van der Waals surface area contributed by atoms with Crippen LogP contribution in [0.2, 0.25) is 25.7 Å². The van der Waals surface area contributed by atoms with Gasteiger partial charge in [-0.1, -0.05) is 32.5 Å². The van der Waals surface area contributed by atoms with Gasteiger partial charge in [0.2, 0.25) is 0 Å². The molecule has 1 aromatic carbocycles. The Morgan fingerprint density at radius 2 is 1.84 bits per heavy atom. The van der Waals surface area contributed by atoms with Crippen molar-refractivity contribution in [1.82, 2.24) is 14.8 Å². The van der Waals surface area contributed by atoms with Crippen molar-refractivity contribution in [3.8, 4) is 17.1 Å². The van der Waals surface area contributed by atoms with E-state index in [1.807, 2.05) is 16.8 Å². The molecule has 1 heterocycles.